The van der Waals surface area contributed by atoms with Gasteiger partial charge in [-0.25, -0.2) is 9.97 Å². The minimum absolute atomic E-state index is 0.133. The molecular weight excluding hydrogens is 852 g/mol. The number of piperidine rings is 1. The smallest absolute Gasteiger partial charge is 0.390 e. The van der Waals surface area contributed by atoms with Crippen molar-refractivity contribution in [1.82, 2.24) is 39.2 Å². The molecule has 0 bridgehead atoms. The largest absolute Gasteiger partial charge is 0.393 e. The number of piperazine rings is 1. The maximum absolute atomic E-state index is 12.9. The summed E-state index contributed by atoms with van der Waals surface area (Å²) in [5.41, 5.74) is 6.77. The van der Waals surface area contributed by atoms with Crippen molar-refractivity contribution in [2.24, 2.45) is 0 Å². The summed E-state index contributed by atoms with van der Waals surface area (Å²) in [6.07, 6.45) is 5.43. The number of fused-ring (bicyclic) bond motifs is 4. The number of para-hydroxylation sites is 1. The Morgan fingerprint density at radius 1 is 0.833 bits per heavy atom. The topological polar surface area (TPSA) is 152 Å². The van der Waals surface area contributed by atoms with Crippen LogP contribution in [0.1, 0.15) is 74.6 Å². The van der Waals surface area contributed by atoms with Gasteiger partial charge in [0, 0.05) is 105 Å². The molecule has 6 aromatic rings. The van der Waals surface area contributed by atoms with E-state index < -0.39 is 18.6 Å². The number of halogens is 3. The molecule has 2 amide bonds. The van der Waals surface area contributed by atoms with Crippen LogP contribution in [0.25, 0.3) is 44.1 Å². The Hall–Kier alpha value is -5.46. The Morgan fingerprint density at radius 2 is 1.59 bits per heavy atom. The van der Waals surface area contributed by atoms with Crippen LogP contribution >= 0.6 is 0 Å². The quantitative estimate of drug-likeness (QED) is 0.0593. The molecule has 4 aromatic heterocycles. The molecular formula is C49H58F3N9O5. The Balaban J connectivity index is 0.699. The average molecular weight is 910 g/mol. The number of carbonyl (C=O) groups excluding carboxylic acids is 2. The van der Waals surface area contributed by atoms with E-state index in [4.69, 9.17) is 14.5 Å². The highest BCUT2D eigenvalue weighted by Crippen LogP contribution is 2.38. The molecule has 350 valence electrons. The number of amides is 2. The van der Waals surface area contributed by atoms with E-state index in [2.05, 4.69) is 71.5 Å². The summed E-state index contributed by atoms with van der Waals surface area (Å²) in [7, 11) is 0. The zero-order valence-corrected chi connectivity index (χ0v) is 37.1. The van der Waals surface area contributed by atoms with Crippen molar-refractivity contribution in [3.63, 3.8) is 0 Å². The van der Waals surface area contributed by atoms with Gasteiger partial charge in [-0.15, -0.1) is 0 Å². The number of imide groups is 1. The van der Waals surface area contributed by atoms with Crippen LogP contribution in [0.4, 0.5) is 19.1 Å². The lowest BCUT2D eigenvalue weighted by molar-refractivity contribution is -0.135. The predicted molar refractivity (Wildman–Crippen MR) is 246 cm³/mol. The lowest BCUT2D eigenvalue weighted by Crippen LogP contribution is -2.46. The Morgan fingerprint density at radius 3 is 2.36 bits per heavy atom. The number of aromatic nitrogens is 5. The maximum atomic E-state index is 12.9. The van der Waals surface area contributed by atoms with Crippen molar-refractivity contribution < 1.29 is 37.3 Å². The van der Waals surface area contributed by atoms with E-state index in [0.29, 0.717) is 57.8 Å². The third-order valence-electron chi connectivity index (χ3n) is 13.3. The van der Waals surface area contributed by atoms with Gasteiger partial charge in [0.15, 0.2) is 0 Å². The van der Waals surface area contributed by atoms with Crippen LogP contribution in [0.2, 0.25) is 0 Å². The van der Waals surface area contributed by atoms with Crippen molar-refractivity contribution in [3.05, 3.63) is 84.3 Å². The van der Waals surface area contributed by atoms with Gasteiger partial charge in [0.2, 0.25) is 17.8 Å². The van der Waals surface area contributed by atoms with Gasteiger partial charge >= 0.3 is 6.18 Å². The summed E-state index contributed by atoms with van der Waals surface area (Å²) < 4.78 is 54.4. The number of pyridine rings is 1. The third-order valence-corrected chi connectivity index (χ3v) is 13.3. The van der Waals surface area contributed by atoms with E-state index in [1.54, 1.807) is 12.4 Å². The number of anilines is 1. The van der Waals surface area contributed by atoms with Crippen LogP contribution in [-0.2, 0) is 32.0 Å². The monoisotopic (exact) mass is 909 g/mol. The number of alkyl halides is 3. The van der Waals surface area contributed by atoms with E-state index in [0.717, 1.165) is 109 Å². The molecule has 1 saturated carbocycles. The molecule has 2 aromatic carbocycles. The molecule has 0 spiro atoms. The van der Waals surface area contributed by atoms with E-state index in [-0.39, 0.29) is 36.5 Å². The molecule has 2 aliphatic heterocycles. The molecule has 66 heavy (non-hydrogen) atoms. The number of rotatable bonds is 18. The second-order valence-corrected chi connectivity index (χ2v) is 17.8. The van der Waals surface area contributed by atoms with E-state index >= 15 is 0 Å². The summed E-state index contributed by atoms with van der Waals surface area (Å²) >= 11 is 0. The number of ether oxygens (including phenoxy) is 2. The van der Waals surface area contributed by atoms with Crippen molar-refractivity contribution >= 4 is 50.7 Å². The normalized spacial score (nSPS) is 20.2. The average Bonchev–Trinajstić information content (AvgIpc) is 3.85. The van der Waals surface area contributed by atoms with Gasteiger partial charge in [0.05, 0.1) is 37.9 Å². The molecule has 3 aliphatic rings. The Kier molecular flexibility index (Phi) is 14.3. The highest BCUT2D eigenvalue weighted by molar-refractivity contribution is 6.10. The number of nitrogens with one attached hydrogen (secondary N) is 2. The summed E-state index contributed by atoms with van der Waals surface area (Å²) in [6.45, 7) is 7.61. The first-order valence-electron chi connectivity index (χ1n) is 23.3. The predicted octanol–water partition coefficient (Wildman–Crippen LogP) is 7.20. The number of benzene rings is 2. The van der Waals surface area contributed by atoms with E-state index in [9.17, 15) is 27.9 Å². The summed E-state index contributed by atoms with van der Waals surface area (Å²) in [6, 6.07) is 18.3. The first-order chi connectivity index (χ1) is 32.1. The minimum atomic E-state index is -4.26. The fourth-order valence-corrected chi connectivity index (χ4v) is 9.80. The third kappa shape index (κ3) is 10.7. The molecule has 6 heterocycles. The number of hydrogen-bond acceptors (Lipinski definition) is 11. The van der Waals surface area contributed by atoms with Crippen LogP contribution in [0.15, 0.2) is 73.2 Å². The Bertz CT molecular complexity index is 2620. The lowest BCUT2D eigenvalue weighted by Gasteiger charge is -2.34. The van der Waals surface area contributed by atoms with Crippen LogP contribution in [0, 0.1) is 0 Å². The minimum Gasteiger partial charge on any atom is -0.393 e. The van der Waals surface area contributed by atoms with Crippen molar-refractivity contribution in [1.29, 1.82) is 0 Å². The molecule has 1 aliphatic carbocycles. The van der Waals surface area contributed by atoms with Crippen LogP contribution < -0.4 is 10.6 Å². The number of nitrogens with zero attached hydrogens (tertiary/aromatic N) is 7. The molecule has 2 saturated heterocycles. The highest BCUT2D eigenvalue weighted by Gasteiger charge is 2.32. The van der Waals surface area contributed by atoms with Gasteiger partial charge in [0.1, 0.15) is 17.3 Å². The van der Waals surface area contributed by atoms with Crippen LogP contribution in [0.5, 0.6) is 0 Å². The SMILES string of the molecule is O=C1CC[C@H](n2c3ccccc3c3c(CCCOCCOCCN4CCN(Cc5ccc(-c6cn([C@H]7CC[C@H](O)CC7)c7nc(NCCC(F)(F)F)ncc67)cc5)CC4)ccnc32)C(=O)N1. The van der Waals surface area contributed by atoms with Gasteiger partial charge in [-0.3, -0.25) is 24.7 Å². The molecule has 0 radical (unpaired) electrons. The van der Waals surface area contributed by atoms with E-state index in [1.165, 1.54) is 5.56 Å². The molecule has 1 atom stereocenters. The number of hydrogen-bond donors (Lipinski definition) is 3. The lowest BCUT2D eigenvalue weighted by atomic mass is 9.93. The molecule has 0 unspecified atom stereocenters. The van der Waals surface area contributed by atoms with Crippen molar-refractivity contribution in [2.45, 2.75) is 88.7 Å². The van der Waals surface area contributed by atoms with Gasteiger partial charge in [-0.1, -0.05) is 42.5 Å². The first kappa shape index (κ1) is 45.7. The van der Waals surface area contributed by atoms with Crippen LogP contribution in [0.3, 0.4) is 0 Å². The first-order valence-corrected chi connectivity index (χ1v) is 23.3. The second kappa shape index (κ2) is 20.6. The summed E-state index contributed by atoms with van der Waals surface area (Å²) in [5, 5.41) is 18.3. The fraction of sp³-hybridized carbons (Fsp3) is 0.490. The number of aryl methyl sites for hydroxylation is 1. The fourth-order valence-electron chi connectivity index (χ4n) is 9.80. The zero-order valence-electron chi connectivity index (χ0n) is 37.1. The van der Waals surface area contributed by atoms with Gasteiger partial charge in [-0.05, 0) is 73.8 Å². The van der Waals surface area contributed by atoms with E-state index in [1.807, 2.05) is 28.8 Å². The number of aliphatic hydroxyl groups is 1. The second-order valence-electron chi connectivity index (χ2n) is 17.8. The molecule has 14 nitrogen and oxygen atoms in total. The van der Waals surface area contributed by atoms with Gasteiger partial charge < -0.3 is 29.0 Å². The zero-order chi connectivity index (χ0) is 45.6. The molecule has 3 fully saturated rings. The van der Waals surface area contributed by atoms with Gasteiger partial charge in [-0.2, -0.15) is 18.2 Å². The van der Waals surface area contributed by atoms with Crippen molar-refractivity contribution in [2.75, 3.05) is 71.0 Å². The summed E-state index contributed by atoms with van der Waals surface area (Å²) in [5.74, 6) is -0.346. The summed E-state index contributed by atoms with van der Waals surface area (Å²) in [4.78, 5) is 43.4. The standard InChI is InChI=1S/C49H58F3N9O5/c50-49(51,52)18-20-54-48-55-30-39-40(32-60(45(39)57-48)36-11-13-37(62)14-12-36)34-9-7-33(8-10-34)31-59-23-21-58(22-24-59)25-27-66-29-28-65-26-3-4-35-17-19-53-46-44(35)38-5-1-2-6-41(38)61(46)42-15-16-43(63)56-47(42)64/h1-2,5-10,17,19,30,32,36-37,42,62H,3-4,11-16,18,20-29,31H2,(H,54,55,57)(H,56,63,64)/t36-,37-,42-/m0/s1. The highest BCUT2D eigenvalue weighted by atomic mass is 19.4. The Labute approximate surface area is 381 Å². The van der Waals surface area contributed by atoms with Crippen LogP contribution in [-0.4, -0.2) is 129 Å². The maximum Gasteiger partial charge on any atom is 0.390 e. The molecule has 9 rings (SSSR count). The van der Waals surface area contributed by atoms with Crippen molar-refractivity contribution in [3.8, 4) is 11.1 Å². The molecule has 3 N–H and O–H groups in total. The number of aliphatic hydroxyl groups excluding tert-OH is 1. The van der Waals surface area contributed by atoms with Gasteiger partial charge in [0.25, 0.3) is 0 Å². The molecule has 17 heteroatoms. The number of carbonyl (C=O) groups is 2.